The van der Waals surface area contributed by atoms with Gasteiger partial charge in [-0.2, -0.15) is 4.31 Å². The van der Waals surface area contributed by atoms with E-state index in [4.69, 9.17) is 9.47 Å². The molecule has 1 heterocycles. The molecule has 1 aliphatic heterocycles. The van der Waals surface area contributed by atoms with Crippen LogP contribution in [0.3, 0.4) is 0 Å². The van der Waals surface area contributed by atoms with Crippen LogP contribution in [-0.4, -0.2) is 63.6 Å². The molecule has 29 heavy (non-hydrogen) atoms. The number of hydrogen-bond acceptors (Lipinski definition) is 6. The minimum absolute atomic E-state index is 0.0259. The number of nitrogens with one attached hydrogen (secondary N) is 1. The molecule has 0 saturated carbocycles. The summed E-state index contributed by atoms with van der Waals surface area (Å²) in [6.07, 6.45) is 0. The molecule has 9 heteroatoms. The summed E-state index contributed by atoms with van der Waals surface area (Å²) in [7, 11) is -3.73. The van der Waals surface area contributed by atoms with Crippen molar-refractivity contribution >= 4 is 21.9 Å². The van der Waals surface area contributed by atoms with Crippen LogP contribution in [0, 0.1) is 5.92 Å². The SMILES string of the molecule is C=C(C)COC(=O)[C@@H](NC(=O)c1cccc(S(=O)(=O)N2CCOCC2)c1)C(C)C. The number of amides is 1. The number of morpholine rings is 1. The average molecular weight is 425 g/mol. The number of ether oxygens (including phenoxy) is 2. The van der Waals surface area contributed by atoms with Crippen molar-refractivity contribution in [3.63, 3.8) is 0 Å². The lowest BCUT2D eigenvalue weighted by Gasteiger charge is -2.26. The van der Waals surface area contributed by atoms with Crippen LogP contribution in [0.4, 0.5) is 0 Å². The topological polar surface area (TPSA) is 102 Å². The quantitative estimate of drug-likeness (QED) is 0.502. The minimum atomic E-state index is -3.73. The Bertz CT molecular complexity index is 859. The first-order chi connectivity index (χ1) is 13.6. The largest absolute Gasteiger partial charge is 0.460 e. The highest BCUT2D eigenvalue weighted by Crippen LogP contribution is 2.19. The van der Waals surface area contributed by atoms with E-state index < -0.39 is 27.9 Å². The first kappa shape index (κ1) is 23.1. The Morgan fingerprint density at radius 3 is 2.52 bits per heavy atom. The summed E-state index contributed by atoms with van der Waals surface area (Å²) in [5.41, 5.74) is 0.839. The van der Waals surface area contributed by atoms with Gasteiger partial charge < -0.3 is 14.8 Å². The summed E-state index contributed by atoms with van der Waals surface area (Å²) in [4.78, 5) is 25.0. The fourth-order valence-electron chi connectivity index (χ4n) is 2.74. The van der Waals surface area contributed by atoms with Crippen LogP contribution >= 0.6 is 0 Å². The van der Waals surface area contributed by atoms with Crippen LogP contribution in [0.15, 0.2) is 41.3 Å². The fraction of sp³-hybridized carbons (Fsp3) is 0.500. The van der Waals surface area contributed by atoms with E-state index in [0.717, 1.165) is 0 Å². The van der Waals surface area contributed by atoms with E-state index in [-0.39, 0.29) is 36.1 Å². The van der Waals surface area contributed by atoms with E-state index in [1.807, 2.05) is 0 Å². The van der Waals surface area contributed by atoms with Crippen LogP contribution < -0.4 is 5.32 Å². The maximum atomic E-state index is 12.8. The molecule has 0 unspecified atom stereocenters. The third-order valence-electron chi connectivity index (χ3n) is 4.37. The number of esters is 1. The van der Waals surface area contributed by atoms with E-state index >= 15 is 0 Å². The fourth-order valence-corrected chi connectivity index (χ4v) is 4.19. The molecule has 1 aromatic carbocycles. The zero-order chi connectivity index (χ0) is 21.6. The number of nitrogens with zero attached hydrogens (tertiary/aromatic N) is 1. The Balaban J connectivity index is 2.17. The van der Waals surface area contributed by atoms with Crippen LogP contribution in [0.25, 0.3) is 0 Å². The van der Waals surface area contributed by atoms with E-state index in [9.17, 15) is 18.0 Å². The Morgan fingerprint density at radius 1 is 1.28 bits per heavy atom. The van der Waals surface area contributed by atoms with Crippen LogP contribution in [0.2, 0.25) is 0 Å². The first-order valence-corrected chi connectivity index (χ1v) is 10.9. The zero-order valence-electron chi connectivity index (χ0n) is 17.0. The number of hydrogen-bond donors (Lipinski definition) is 1. The van der Waals surface area contributed by atoms with Gasteiger partial charge in [0, 0.05) is 18.7 Å². The van der Waals surface area contributed by atoms with Crippen molar-refractivity contribution in [2.75, 3.05) is 32.9 Å². The number of sulfonamides is 1. The second-order valence-electron chi connectivity index (χ2n) is 7.30. The molecule has 0 aromatic heterocycles. The zero-order valence-corrected chi connectivity index (χ0v) is 17.8. The second-order valence-corrected chi connectivity index (χ2v) is 9.24. The summed E-state index contributed by atoms with van der Waals surface area (Å²) < 4.78 is 37.3. The normalized spacial score (nSPS) is 16.3. The molecular weight excluding hydrogens is 396 g/mol. The van der Waals surface area contributed by atoms with E-state index in [1.165, 1.54) is 28.6 Å². The van der Waals surface area contributed by atoms with Crippen LogP contribution in [0.5, 0.6) is 0 Å². The van der Waals surface area contributed by atoms with Gasteiger partial charge in [-0.15, -0.1) is 0 Å². The van der Waals surface area contributed by atoms with Gasteiger partial charge in [0.1, 0.15) is 12.6 Å². The summed E-state index contributed by atoms with van der Waals surface area (Å²) in [5.74, 6) is -1.32. The van der Waals surface area contributed by atoms with Gasteiger partial charge in [0.05, 0.1) is 18.1 Å². The lowest BCUT2D eigenvalue weighted by atomic mass is 10.0. The summed E-state index contributed by atoms with van der Waals surface area (Å²) in [6.45, 7) is 10.3. The number of carbonyl (C=O) groups excluding carboxylic acids is 2. The van der Waals surface area contributed by atoms with Gasteiger partial charge in [0.25, 0.3) is 5.91 Å². The van der Waals surface area contributed by atoms with Gasteiger partial charge in [-0.3, -0.25) is 4.79 Å². The monoisotopic (exact) mass is 424 g/mol. The van der Waals surface area contributed by atoms with E-state index in [0.29, 0.717) is 18.8 Å². The second kappa shape index (κ2) is 10.00. The molecule has 0 bridgehead atoms. The van der Waals surface area contributed by atoms with Crippen molar-refractivity contribution in [1.29, 1.82) is 0 Å². The molecule has 0 spiro atoms. The van der Waals surface area contributed by atoms with Crippen LogP contribution in [0.1, 0.15) is 31.1 Å². The summed E-state index contributed by atoms with van der Waals surface area (Å²) in [5, 5.41) is 2.64. The van der Waals surface area contributed by atoms with Gasteiger partial charge in [-0.05, 0) is 36.6 Å². The lowest BCUT2D eigenvalue weighted by Crippen LogP contribution is -2.45. The maximum absolute atomic E-state index is 12.8. The smallest absolute Gasteiger partial charge is 0.329 e. The Labute approximate surface area is 171 Å². The Kier molecular flexibility index (Phi) is 7.95. The third-order valence-corrected chi connectivity index (χ3v) is 6.27. The molecule has 0 aliphatic carbocycles. The molecule has 0 radical (unpaired) electrons. The van der Waals surface area contributed by atoms with Gasteiger partial charge in [0.15, 0.2) is 0 Å². The molecule has 1 atom stereocenters. The highest BCUT2D eigenvalue weighted by atomic mass is 32.2. The molecule has 2 rings (SSSR count). The minimum Gasteiger partial charge on any atom is -0.460 e. The van der Waals surface area contributed by atoms with Crippen molar-refractivity contribution in [2.24, 2.45) is 5.92 Å². The van der Waals surface area contributed by atoms with Gasteiger partial charge >= 0.3 is 5.97 Å². The maximum Gasteiger partial charge on any atom is 0.329 e. The van der Waals surface area contributed by atoms with Crippen molar-refractivity contribution < 1.29 is 27.5 Å². The average Bonchev–Trinajstić information content (AvgIpc) is 2.70. The molecule has 1 aromatic rings. The molecule has 1 N–H and O–H groups in total. The third kappa shape index (κ3) is 6.12. The lowest BCUT2D eigenvalue weighted by molar-refractivity contribution is -0.146. The van der Waals surface area contributed by atoms with Gasteiger partial charge in [-0.25, -0.2) is 13.2 Å². The number of benzene rings is 1. The Morgan fingerprint density at radius 2 is 1.93 bits per heavy atom. The van der Waals surface area contributed by atoms with E-state index in [2.05, 4.69) is 11.9 Å². The van der Waals surface area contributed by atoms with Gasteiger partial charge in [0.2, 0.25) is 10.0 Å². The molecule has 1 aliphatic rings. The van der Waals surface area contributed by atoms with Crippen LogP contribution in [-0.2, 0) is 24.3 Å². The summed E-state index contributed by atoms with van der Waals surface area (Å²) >= 11 is 0. The van der Waals surface area contributed by atoms with Crippen molar-refractivity contribution in [3.05, 3.63) is 42.0 Å². The van der Waals surface area contributed by atoms with Crippen molar-refractivity contribution in [1.82, 2.24) is 9.62 Å². The standard InChI is InChI=1S/C20H28N2O6S/c1-14(2)13-28-20(24)18(15(3)4)21-19(23)16-6-5-7-17(12-16)29(25,26)22-8-10-27-11-9-22/h5-7,12,15,18H,1,8-11,13H2,2-4H3,(H,21,23)/t18-/m0/s1. The number of rotatable bonds is 8. The summed E-state index contributed by atoms with van der Waals surface area (Å²) in [6, 6.07) is 4.91. The Hall–Kier alpha value is -2.23. The van der Waals surface area contributed by atoms with Crippen molar-refractivity contribution in [3.8, 4) is 0 Å². The van der Waals surface area contributed by atoms with Crippen molar-refractivity contribution in [2.45, 2.75) is 31.7 Å². The predicted octanol–water partition coefficient (Wildman–Crippen LogP) is 1.58. The number of carbonyl (C=O) groups is 2. The van der Waals surface area contributed by atoms with Gasteiger partial charge in [-0.1, -0.05) is 26.5 Å². The highest BCUT2D eigenvalue weighted by molar-refractivity contribution is 7.89. The molecular formula is C20H28N2O6S. The predicted molar refractivity (Wildman–Crippen MR) is 108 cm³/mol. The molecule has 160 valence electrons. The molecule has 1 amide bonds. The first-order valence-electron chi connectivity index (χ1n) is 9.42. The van der Waals surface area contributed by atoms with E-state index in [1.54, 1.807) is 20.8 Å². The highest BCUT2D eigenvalue weighted by Gasteiger charge is 2.29. The molecule has 1 saturated heterocycles. The molecule has 1 fully saturated rings. The molecule has 8 nitrogen and oxygen atoms in total.